The van der Waals surface area contributed by atoms with Crippen molar-refractivity contribution in [2.24, 2.45) is 17.6 Å². The molecule has 0 saturated carbocycles. The summed E-state index contributed by atoms with van der Waals surface area (Å²) in [5.41, 5.74) is 5.82. The lowest BCUT2D eigenvalue weighted by atomic mass is 9.86. The summed E-state index contributed by atoms with van der Waals surface area (Å²) in [6, 6.07) is -0.483. The Hall–Kier alpha value is -0.610. The van der Waals surface area contributed by atoms with Gasteiger partial charge in [0, 0.05) is 7.11 Å². The average molecular weight is 271 g/mol. The molecule has 0 aromatic carbocycles. The third-order valence-electron chi connectivity index (χ3n) is 4.01. The summed E-state index contributed by atoms with van der Waals surface area (Å²) < 4.78 is 11.0. The van der Waals surface area contributed by atoms with E-state index in [0.717, 1.165) is 19.3 Å². The number of carbonyl (C=O) groups is 1. The van der Waals surface area contributed by atoms with Gasteiger partial charge in [-0.3, -0.25) is 4.79 Å². The minimum atomic E-state index is -0.483. The molecule has 4 heteroatoms. The van der Waals surface area contributed by atoms with E-state index in [1.807, 2.05) is 6.92 Å². The molecule has 1 fully saturated rings. The molecule has 112 valence electrons. The molecule has 4 nitrogen and oxygen atoms in total. The molecule has 4 atom stereocenters. The van der Waals surface area contributed by atoms with Gasteiger partial charge < -0.3 is 15.2 Å². The fourth-order valence-electron chi connectivity index (χ4n) is 2.84. The molecule has 0 unspecified atom stereocenters. The van der Waals surface area contributed by atoms with E-state index in [9.17, 15) is 4.79 Å². The van der Waals surface area contributed by atoms with Gasteiger partial charge in [0.15, 0.2) is 0 Å². The maximum Gasteiger partial charge on any atom is 0.323 e. The van der Waals surface area contributed by atoms with Gasteiger partial charge >= 0.3 is 5.97 Å². The number of methoxy groups -OCH3 is 1. The number of hydrogen-bond donors (Lipinski definition) is 1. The van der Waals surface area contributed by atoms with Crippen LogP contribution in [-0.2, 0) is 14.3 Å². The number of hydrogen-bond acceptors (Lipinski definition) is 4. The standard InChI is InChI=1S/C15H29NO3/c1-10(2)8-9-12-6-5-7-13(16)15(17)19-11(3)14(12)18-4/h10-14H,5-9,16H2,1-4H3/t11-,12+,13-,14-/m0/s1. The average Bonchev–Trinajstić information content (AvgIpc) is 2.38. The minimum absolute atomic E-state index is 0.0204. The fourth-order valence-corrected chi connectivity index (χ4v) is 2.84. The van der Waals surface area contributed by atoms with Gasteiger partial charge in [-0.1, -0.05) is 26.7 Å². The highest BCUT2D eigenvalue weighted by Gasteiger charge is 2.32. The van der Waals surface area contributed by atoms with Gasteiger partial charge in [0.1, 0.15) is 12.1 Å². The van der Waals surface area contributed by atoms with Crippen molar-refractivity contribution in [1.29, 1.82) is 0 Å². The number of nitrogens with two attached hydrogens (primary N) is 1. The Kier molecular flexibility index (Phi) is 6.80. The van der Waals surface area contributed by atoms with Crippen molar-refractivity contribution in [2.75, 3.05) is 7.11 Å². The zero-order chi connectivity index (χ0) is 14.4. The third kappa shape index (κ3) is 5.11. The topological polar surface area (TPSA) is 61.5 Å². The van der Waals surface area contributed by atoms with Gasteiger partial charge in [-0.05, 0) is 38.0 Å². The van der Waals surface area contributed by atoms with Gasteiger partial charge in [0.2, 0.25) is 0 Å². The van der Waals surface area contributed by atoms with Gasteiger partial charge in [0.05, 0.1) is 6.10 Å². The largest absolute Gasteiger partial charge is 0.459 e. The molecule has 19 heavy (non-hydrogen) atoms. The maximum atomic E-state index is 11.8. The van der Waals surface area contributed by atoms with Crippen LogP contribution in [0.15, 0.2) is 0 Å². The second-order valence-corrected chi connectivity index (χ2v) is 6.11. The molecule has 1 saturated heterocycles. The van der Waals surface area contributed by atoms with E-state index >= 15 is 0 Å². The van der Waals surface area contributed by atoms with Crippen LogP contribution < -0.4 is 5.73 Å². The third-order valence-corrected chi connectivity index (χ3v) is 4.01. The lowest BCUT2D eigenvalue weighted by Gasteiger charge is -2.30. The molecule has 0 aliphatic carbocycles. The highest BCUT2D eigenvalue weighted by Crippen LogP contribution is 2.28. The number of carbonyl (C=O) groups excluding carboxylic acids is 1. The summed E-state index contributed by atoms with van der Waals surface area (Å²) in [5, 5.41) is 0. The molecule has 1 rings (SSSR count). The summed E-state index contributed by atoms with van der Waals surface area (Å²) in [6.07, 6.45) is 4.78. The Morgan fingerprint density at radius 2 is 2.11 bits per heavy atom. The van der Waals surface area contributed by atoms with Crippen LogP contribution in [-0.4, -0.2) is 31.3 Å². The van der Waals surface area contributed by atoms with Crippen molar-refractivity contribution in [2.45, 2.75) is 71.1 Å². The summed E-state index contributed by atoms with van der Waals surface area (Å²) in [7, 11) is 1.70. The molecular weight excluding hydrogens is 242 g/mol. The number of rotatable bonds is 4. The molecule has 0 aromatic heterocycles. The Morgan fingerprint density at radius 1 is 1.42 bits per heavy atom. The van der Waals surface area contributed by atoms with Crippen LogP contribution in [0.4, 0.5) is 0 Å². The van der Waals surface area contributed by atoms with Crippen LogP contribution in [0.3, 0.4) is 0 Å². The van der Waals surface area contributed by atoms with E-state index in [0.29, 0.717) is 18.3 Å². The van der Waals surface area contributed by atoms with Crippen LogP contribution >= 0.6 is 0 Å². The molecule has 0 spiro atoms. The first-order chi connectivity index (χ1) is 8.95. The lowest BCUT2D eigenvalue weighted by molar-refractivity contribution is -0.158. The Balaban J connectivity index is 2.73. The molecule has 1 heterocycles. The Bertz CT molecular complexity index is 281. The van der Waals surface area contributed by atoms with Gasteiger partial charge in [-0.15, -0.1) is 0 Å². The van der Waals surface area contributed by atoms with Gasteiger partial charge in [-0.25, -0.2) is 0 Å². The Labute approximate surface area is 117 Å². The predicted octanol–water partition coefficient (Wildman–Crippen LogP) is 2.50. The summed E-state index contributed by atoms with van der Waals surface area (Å²) in [6.45, 7) is 6.37. The maximum absolute atomic E-state index is 11.8. The summed E-state index contributed by atoms with van der Waals surface area (Å²) >= 11 is 0. The van der Waals surface area contributed by atoms with E-state index in [-0.39, 0.29) is 18.2 Å². The molecule has 2 N–H and O–H groups in total. The van der Waals surface area contributed by atoms with Crippen LogP contribution in [0.5, 0.6) is 0 Å². The number of ether oxygens (including phenoxy) is 2. The summed E-state index contributed by atoms with van der Waals surface area (Å²) in [4.78, 5) is 11.8. The summed E-state index contributed by atoms with van der Waals surface area (Å²) in [5.74, 6) is 0.838. The molecular formula is C15H29NO3. The van der Waals surface area contributed by atoms with Gasteiger partial charge in [-0.2, -0.15) is 0 Å². The molecule has 0 aromatic rings. The van der Waals surface area contributed by atoms with Crippen LogP contribution in [0.2, 0.25) is 0 Å². The molecule has 0 amide bonds. The second kappa shape index (κ2) is 7.85. The van der Waals surface area contributed by atoms with E-state index in [2.05, 4.69) is 13.8 Å². The number of cyclic esters (lactones) is 1. The van der Waals surface area contributed by atoms with Crippen LogP contribution in [0.1, 0.15) is 52.9 Å². The van der Waals surface area contributed by atoms with Gasteiger partial charge in [0.25, 0.3) is 0 Å². The van der Waals surface area contributed by atoms with E-state index < -0.39 is 6.04 Å². The highest BCUT2D eigenvalue weighted by atomic mass is 16.6. The van der Waals surface area contributed by atoms with Crippen molar-refractivity contribution in [3.63, 3.8) is 0 Å². The SMILES string of the molecule is CO[C@@H]1[C@@H](CCC(C)C)CCC[C@H](N)C(=O)O[C@H]1C. The van der Waals surface area contributed by atoms with Crippen LogP contribution in [0.25, 0.3) is 0 Å². The van der Waals surface area contributed by atoms with Crippen molar-refractivity contribution in [3.05, 3.63) is 0 Å². The first-order valence-corrected chi connectivity index (χ1v) is 7.44. The number of esters is 1. The van der Waals surface area contributed by atoms with Crippen molar-refractivity contribution in [1.82, 2.24) is 0 Å². The lowest BCUT2D eigenvalue weighted by Crippen LogP contribution is -2.39. The zero-order valence-electron chi connectivity index (χ0n) is 12.7. The fraction of sp³-hybridized carbons (Fsp3) is 0.933. The molecule has 0 bridgehead atoms. The Morgan fingerprint density at radius 3 is 2.68 bits per heavy atom. The van der Waals surface area contributed by atoms with Crippen molar-refractivity contribution >= 4 is 5.97 Å². The van der Waals surface area contributed by atoms with E-state index in [1.165, 1.54) is 6.42 Å². The first kappa shape index (κ1) is 16.4. The van der Waals surface area contributed by atoms with E-state index in [1.54, 1.807) is 7.11 Å². The quantitative estimate of drug-likeness (QED) is 0.798. The van der Waals surface area contributed by atoms with Crippen molar-refractivity contribution < 1.29 is 14.3 Å². The minimum Gasteiger partial charge on any atom is -0.459 e. The monoisotopic (exact) mass is 271 g/mol. The highest BCUT2D eigenvalue weighted by molar-refractivity contribution is 5.75. The molecule has 1 aliphatic rings. The zero-order valence-corrected chi connectivity index (χ0v) is 12.7. The van der Waals surface area contributed by atoms with Crippen molar-refractivity contribution in [3.8, 4) is 0 Å². The smallest absolute Gasteiger partial charge is 0.323 e. The second-order valence-electron chi connectivity index (χ2n) is 6.11. The van der Waals surface area contributed by atoms with E-state index in [4.69, 9.17) is 15.2 Å². The predicted molar refractivity (Wildman–Crippen MR) is 75.7 cm³/mol. The molecule has 0 radical (unpaired) electrons. The molecule has 1 aliphatic heterocycles. The first-order valence-electron chi connectivity index (χ1n) is 7.44. The normalized spacial score (nSPS) is 33.5. The van der Waals surface area contributed by atoms with Crippen LogP contribution in [0, 0.1) is 11.8 Å².